The maximum atomic E-state index is 12.7. The summed E-state index contributed by atoms with van der Waals surface area (Å²) in [4.78, 5) is 16.9. The highest BCUT2D eigenvalue weighted by Crippen LogP contribution is 2.36. The number of aryl methyl sites for hydroxylation is 3. The van der Waals surface area contributed by atoms with E-state index < -0.39 is 15.5 Å². The molecule has 8 heteroatoms. The summed E-state index contributed by atoms with van der Waals surface area (Å²) in [6.07, 6.45) is 4.27. The monoisotopic (exact) mass is 491 g/mol. The Kier molecular flexibility index (Phi) is 8.22. The number of aromatic nitrogens is 2. The van der Waals surface area contributed by atoms with Gasteiger partial charge in [0.15, 0.2) is 0 Å². The Balaban J connectivity index is 0.000000261. The van der Waals surface area contributed by atoms with Gasteiger partial charge in [-0.3, -0.25) is 9.35 Å². The van der Waals surface area contributed by atoms with Gasteiger partial charge in [-0.2, -0.15) is 8.42 Å². The molecule has 0 atom stereocenters. The van der Waals surface area contributed by atoms with Gasteiger partial charge < -0.3 is 10.3 Å². The van der Waals surface area contributed by atoms with E-state index in [2.05, 4.69) is 4.98 Å². The fourth-order valence-corrected chi connectivity index (χ4v) is 4.43. The van der Waals surface area contributed by atoms with Crippen LogP contribution in [0.3, 0.4) is 0 Å². The van der Waals surface area contributed by atoms with Crippen LogP contribution in [0, 0.1) is 13.8 Å². The largest absolute Gasteiger partial charge is 0.369 e. The summed E-state index contributed by atoms with van der Waals surface area (Å²) in [5.74, 6) is 0.590. The van der Waals surface area contributed by atoms with Crippen LogP contribution in [0.25, 0.3) is 0 Å². The van der Waals surface area contributed by atoms with Crippen LogP contribution < -0.4 is 5.73 Å². The smallest absolute Gasteiger partial charge is 0.294 e. The van der Waals surface area contributed by atoms with Crippen molar-refractivity contribution in [2.24, 2.45) is 5.73 Å². The van der Waals surface area contributed by atoms with Crippen LogP contribution in [0.15, 0.2) is 102 Å². The summed E-state index contributed by atoms with van der Waals surface area (Å²) < 4.78 is 31.6. The highest BCUT2D eigenvalue weighted by molar-refractivity contribution is 7.85. The van der Waals surface area contributed by atoms with E-state index in [4.69, 9.17) is 10.3 Å². The lowest BCUT2D eigenvalue weighted by Gasteiger charge is -2.32. The van der Waals surface area contributed by atoms with Gasteiger partial charge in [0.2, 0.25) is 5.91 Å². The lowest BCUT2D eigenvalue weighted by atomic mass is 9.71. The molecule has 0 fully saturated rings. The molecular weight excluding hydrogens is 462 g/mol. The van der Waals surface area contributed by atoms with Gasteiger partial charge >= 0.3 is 0 Å². The zero-order chi connectivity index (χ0) is 25.5. The number of hydrogen-bond donors (Lipinski definition) is 2. The average molecular weight is 492 g/mol. The molecule has 0 unspecified atom stereocenters. The first-order valence-corrected chi connectivity index (χ1v) is 12.5. The minimum atomic E-state index is -4.02. The van der Waals surface area contributed by atoms with Crippen LogP contribution in [-0.2, 0) is 26.9 Å². The molecule has 0 saturated heterocycles. The van der Waals surface area contributed by atoms with Crippen molar-refractivity contribution in [1.29, 1.82) is 0 Å². The molecule has 0 aliphatic heterocycles. The number of nitrogens with two attached hydrogens (primary N) is 1. The molecule has 0 radical (unpaired) electrons. The predicted octanol–water partition coefficient (Wildman–Crippen LogP) is 4.29. The van der Waals surface area contributed by atoms with E-state index in [0.29, 0.717) is 13.0 Å². The summed E-state index contributed by atoms with van der Waals surface area (Å²) in [6, 6.07) is 25.5. The van der Waals surface area contributed by atoms with Crippen molar-refractivity contribution in [3.05, 3.63) is 120 Å². The predicted molar refractivity (Wildman–Crippen MR) is 135 cm³/mol. The molecule has 0 aliphatic rings. The molecule has 0 bridgehead atoms. The minimum absolute atomic E-state index is 0.0666. The Hall–Kier alpha value is -3.75. The minimum Gasteiger partial charge on any atom is -0.369 e. The van der Waals surface area contributed by atoms with E-state index in [1.54, 1.807) is 18.3 Å². The molecule has 4 aromatic rings. The van der Waals surface area contributed by atoms with Crippen molar-refractivity contribution in [2.75, 3.05) is 0 Å². The second-order valence-electron chi connectivity index (χ2n) is 8.21. The SMILES string of the molecule is Cc1ccc(S(=O)(=O)O)cc1.Cc1nccn1CCC(C(N)=O)(c1ccccc1)c1ccccc1. The zero-order valence-corrected chi connectivity index (χ0v) is 20.5. The van der Waals surface area contributed by atoms with Gasteiger partial charge in [-0.05, 0) is 43.5 Å². The molecule has 7 nitrogen and oxygen atoms in total. The Labute approximate surface area is 206 Å². The number of benzene rings is 3. The van der Waals surface area contributed by atoms with Gasteiger partial charge in [0.25, 0.3) is 10.1 Å². The molecule has 3 N–H and O–H groups in total. The van der Waals surface area contributed by atoms with Crippen molar-refractivity contribution in [1.82, 2.24) is 9.55 Å². The standard InChI is InChI=1S/C20H21N3O.C7H8O3S/c1-16-22-13-15-23(16)14-12-20(19(21)24,17-8-4-2-5-9-17)18-10-6-3-7-11-18;1-6-2-4-7(5-3-6)11(8,9)10/h2-11,13,15H,12,14H2,1H3,(H2,21,24);2-5H,1H3,(H,8,9,10). The molecule has 3 aromatic carbocycles. The fraction of sp³-hybridized carbons (Fsp3) is 0.185. The molecule has 0 spiro atoms. The summed E-state index contributed by atoms with van der Waals surface area (Å²) in [7, 11) is -4.02. The van der Waals surface area contributed by atoms with E-state index in [1.165, 1.54) is 12.1 Å². The van der Waals surface area contributed by atoms with Crippen molar-refractivity contribution >= 4 is 16.0 Å². The molecule has 1 amide bonds. The van der Waals surface area contributed by atoms with Gasteiger partial charge in [0, 0.05) is 18.9 Å². The van der Waals surface area contributed by atoms with Crippen LogP contribution in [-0.4, -0.2) is 28.4 Å². The second kappa shape index (κ2) is 11.1. The third-order valence-electron chi connectivity index (χ3n) is 5.92. The van der Waals surface area contributed by atoms with Crippen molar-refractivity contribution in [3.63, 3.8) is 0 Å². The molecule has 4 rings (SSSR count). The van der Waals surface area contributed by atoms with Gasteiger partial charge in [-0.1, -0.05) is 78.4 Å². The van der Waals surface area contributed by atoms with Gasteiger partial charge in [0.1, 0.15) is 11.2 Å². The number of amides is 1. The van der Waals surface area contributed by atoms with Crippen molar-refractivity contribution in [2.45, 2.75) is 37.1 Å². The zero-order valence-electron chi connectivity index (χ0n) is 19.7. The van der Waals surface area contributed by atoms with Gasteiger partial charge in [0.05, 0.1) is 4.90 Å². The maximum Gasteiger partial charge on any atom is 0.294 e. The Morgan fingerprint density at radius 2 is 1.43 bits per heavy atom. The summed E-state index contributed by atoms with van der Waals surface area (Å²) in [5.41, 5.74) is 7.88. The number of carbonyl (C=O) groups is 1. The average Bonchev–Trinajstić information content (AvgIpc) is 3.25. The van der Waals surface area contributed by atoms with Crippen LogP contribution in [0.4, 0.5) is 0 Å². The molecule has 1 aromatic heterocycles. The molecule has 182 valence electrons. The maximum absolute atomic E-state index is 12.7. The molecule has 1 heterocycles. The van der Waals surface area contributed by atoms with Crippen molar-refractivity contribution < 1.29 is 17.8 Å². The van der Waals surface area contributed by atoms with E-state index in [1.807, 2.05) is 85.3 Å². The highest BCUT2D eigenvalue weighted by atomic mass is 32.2. The first kappa shape index (κ1) is 25.9. The Morgan fingerprint density at radius 1 is 0.914 bits per heavy atom. The topological polar surface area (TPSA) is 115 Å². The second-order valence-corrected chi connectivity index (χ2v) is 9.63. The number of carbonyl (C=O) groups excluding carboxylic acids is 1. The summed E-state index contributed by atoms with van der Waals surface area (Å²) in [6.45, 7) is 4.46. The first-order chi connectivity index (χ1) is 16.6. The third-order valence-corrected chi connectivity index (χ3v) is 6.79. The Morgan fingerprint density at radius 3 is 1.83 bits per heavy atom. The molecular formula is C27H29N3O4S. The van der Waals surface area contributed by atoms with Crippen LogP contribution in [0.5, 0.6) is 0 Å². The third kappa shape index (κ3) is 6.23. The molecule has 0 saturated carbocycles. The number of hydrogen-bond acceptors (Lipinski definition) is 4. The quantitative estimate of drug-likeness (QED) is 0.374. The molecule has 0 aliphatic carbocycles. The van der Waals surface area contributed by atoms with Crippen LogP contribution in [0.2, 0.25) is 0 Å². The molecule has 35 heavy (non-hydrogen) atoms. The van der Waals surface area contributed by atoms with Crippen molar-refractivity contribution in [3.8, 4) is 0 Å². The van der Waals surface area contributed by atoms with Crippen LogP contribution >= 0.6 is 0 Å². The lowest BCUT2D eigenvalue weighted by molar-refractivity contribution is -0.122. The summed E-state index contributed by atoms with van der Waals surface area (Å²) >= 11 is 0. The number of imidazole rings is 1. The van der Waals surface area contributed by atoms with E-state index in [9.17, 15) is 13.2 Å². The Bertz CT molecular complexity index is 1310. The lowest BCUT2D eigenvalue weighted by Crippen LogP contribution is -2.43. The highest BCUT2D eigenvalue weighted by Gasteiger charge is 2.40. The van der Waals surface area contributed by atoms with E-state index in [-0.39, 0.29) is 10.8 Å². The first-order valence-electron chi connectivity index (χ1n) is 11.1. The van der Waals surface area contributed by atoms with E-state index in [0.717, 1.165) is 22.5 Å². The fourth-order valence-electron chi connectivity index (χ4n) is 3.95. The van der Waals surface area contributed by atoms with Crippen LogP contribution in [0.1, 0.15) is 28.9 Å². The van der Waals surface area contributed by atoms with Gasteiger partial charge in [-0.25, -0.2) is 4.98 Å². The normalized spacial score (nSPS) is 11.4. The number of nitrogens with zero attached hydrogens (tertiary/aromatic N) is 2. The van der Waals surface area contributed by atoms with E-state index >= 15 is 0 Å². The van der Waals surface area contributed by atoms with Gasteiger partial charge in [-0.15, -0.1) is 0 Å². The summed E-state index contributed by atoms with van der Waals surface area (Å²) in [5, 5.41) is 0. The number of primary amides is 1. The number of rotatable bonds is 7.